The van der Waals surface area contributed by atoms with Crippen LogP contribution in [0.2, 0.25) is 0 Å². The molecule has 0 bridgehead atoms. The summed E-state index contributed by atoms with van der Waals surface area (Å²) in [5, 5.41) is 0. The van der Waals surface area contributed by atoms with Crippen molar-refractivity contribution < 1.29 is 40.6 Å². The number of carbonyl (C=O) groups is 1. The van der Waals surface area contributed by atoms with E-state index >= 15 is 0 Å². The maximum absolute atomic E-state index is 13.8. The van der Waals surface area contributed by atoms with Crippen molar-refractivity contribution in [3.8, 4) is 18.1 Å². The molecule has 2 aromatic carbocycles. The molecule has 0 spiro atoms. The van der Waals surface area contributed by atoms with Crippen LogP contribution in [-0.4, -0.2) is 47.4 Å². The summed E-state index contributed by atoms with van der Waals surface area (Å²) in [6.07, 6.45) is 2.98. The number of benzene rings is 2. The molecule has 2 aliphatic rings. The van der Waals surface area contributed by atoms with Gasteiger partial charge in [0.25, 0.3) is 10.0 Å². The zero-order valence-electron chi connectivity index (χ0n) is 20.1. The van der Waals surface area contributed by atoms with E-state index in [2.05, 4.69) is 5.92 Å². The summed E-state index contributed by atoms with van der Waals surface area (Å²) in [4.78, 5) is 12.3. The summed E-state index contributed by atoms with van der Waals surface area (Å²) in [6, 6.07) is 5.78. The molecular formula is C26H26F3NO6S. The first-order valence-electron chi connectivity index (χ1n) is 11.7. The van der Waals surface area contributed by atoms with Crippen LogP contribution in [0.3, 0.4) is 0 Å². The van der Waals surface area contributed by atoms with Crippen molar-refractivity contribution in [1.82, 2.24) is 0 Å². The Morgan fingerprint density at radius 1 is 1.16 bits per heavy atom. The minimum atomic E-state index is -4.57. The van der Waals surface area contributed by atoms with Gasteiger partial charge in [-0.05, 0) is 73.6 Å². The fraction of sp³-hybridized carbons (Fsp3) is 0.423. The van der Waals surface area contributed by atoms with Gasteiger partial charge in [0.1, 0.15) is 17.4 Å². The van der Waals surface area contributed by atoms with E-state index in [1.165, 1.54) is 19.2 Å². The topological polar surface area (TPSA) is 82.1 Å². The highest BCUT2D eigenvalue weighted by atomic mass is 32.2. The molecule has 2 aliphatic heterocycles. The monoisotopic (exact) mass is 537 g/mol. The molecule has 0 saturated carbocycles. The highest BCUT2D eigenvalue weighted by Gasteiger charge is 2.38. The van der Waals surface area contributed by atoms with Gasteiger partial charge in [-0.15, -0.1) is 6.42 Å². The van der Waals surface area contributed by atoms with Gasteiger partial charge < -0.3 is 14.2 Å². The van der Waals surface area contributed by atoms with E-state index in [1.54, 1.807) is 0 Å². The molecule has 2 heterocycles. The van der Waals surface area contributed by atoms with Gasteiger partial charge in [-0.25, -0.2) is 13.2 Å². The maximum Gasteiger partial charge on any atom is 0.416 e. The normalized spacial score (nSPS) is 18.6. The highest BCUT2D eigenvalue weighted by Crippen LogP contribution is 2.39. The van der Waals surface area contributed by atoms with Crippen LogP contribution in [0.25, 0.3) is 0 Å². The number of alkyl halides is 3. The number of methoxy groups -OCH3 is 1. The van der Waals surface area contributed by atoms with Crippen LogP contribution < -0.4 is 9.04 Å². The minimum absolute atomic E-state index is 0.0710. The Morgan fingerprint density at radius 2 is 1.89 bits per heavy atom. The Bertz CT molecular complexity index is 1310. The lowest BCUT2D eigenvalue weighted by Gasteiger charge is -2.35. The van der Waals surface area contributed by atoms with Crippen LogP contribution in [0, 0.1) is 18.3 Å². The number of ether oxygens (including phenoxy) is 3. The number of anilines is 1. The van der Waals surface area contributed by atoms with Gasteiger partial charge in [-0.2, -0.15) is 13.2 Å². The van der Waals surface area contributed by atoms with Gasteiger partial charge in [0.05, 0.1) is 29.9 Å². The van der Waals surface area contributed by atoms with E-state index in [9.17, 15) is 26.4 Å². The van der Waals surface area contributed by atoms with Crippen LogP contribution in [0.5, 0.6) is 5.75 Å². The number of terminal acetylenes is 1. The molecule has 1 saturated heterocycles. The first-order valence-corrected chi connectivity index (χ1v) is 13.1. The van der Waals surface area contributed by atoms with Crippen LogP contribution in [0.15, 0.2) is 41.3 Å². The molecule has 11 heteroatoms. The number of fused-ring (bicyclic) bond motifs is 1. The van der Waals surface area contributed by atoms with E-state index in [-0.39, 0.29) is 46.2 Å². The molecule has 0 unspecified atom stereocenters. The summed E-state index contributed by atoms with van der Waals surface area (Å²) in [5.74, 6) is 2.03. The number of esters is 1. The molecule has 2 aromatic rings. The number of hydrogen-bond donors (Lipinski definition) is 0. The van der Waals surface area contributed by atoms with Crippen molar-refractivity contribution in [2.45, 2.75) is 42.8 Å². The molecule has 198 valence electrons. The Balaban J connectivity index is 1.71. The number of carbonyl (C=O) groups excluding carboxylic acids is 1. The summed E-state index contributed by atoms with van der Waals surface area (Å²) in [6.45, 7) is 1.56. The van der Waals surface area contributed by atoms with Crippen molar-refractivity contribution in [1.29, 1.82) is 0 Å². The summed E-state index contributed by atoms with van der Waals surface area (Å²) < 4.78 is 84.3. The molecule has 7 nitrogen and oxygen atoms in total. The number of nitrogens with zero attached hydrogens (tertiary/aromatic N) is 1. The van der Waals surface area contributed by atoms with Gasteiger partial charge in [-0.3, -0.25) is 4.31 Å². The molecule has 0 amide bonds. The van der Waals surface area contributed by atoms with Crippen molar-refractivity contribution in [3.05, 3.63) is 53.1 Å². The van der Waals surface area contributed by atoms with Crippen LogP contribution in [-0.2, 0) is 32.1 Å². The number of aryl methyl sites for hydroxylation is 1. The Kier molecular flexibility index (Phi) is 7.71. The SMILES string of the molecule is C#C[C@H]1CCc2cc(C(F)(F)F)ccc2N1S(=O)(=O)c1ccc(OCC2CCOCC2)c(C(=O)OC)c1. The lowest BCUT2D eigenvalue weighted by atomic mass is 9.96. The van der Waals surface area contributed by atoms with Crippen molar-refractivity contribution >= 4 is 21.7 Å². The largest absolute Gasteiger partial charge is 0.492 e. The average Bonchev–Trinajstić information content (AvgIpc) is 2.90. The molecule has 0 N–H and O–H groups in total. The second-order valence-electron chi connectivity index (χ2n) is 8.88. The van der Waals surface area contributed by atoms with Gasteiger partial charge in [-0.1, -0.05) is 5.92 Å². The van der Waals surface area contributed by atoms with Crippen molar-refractivity contribution in [2.24, 2.45) is 5.92 Å². The van der Waals surface area contributed by atoms with E-state index in [0.29, 0.717) is 19.8 Å². The second kappa shape index (κ2) is 10.6. The predicted molar refractivity (Wildman–Crippen MR) is 129 cm³/mol. The molecular weight excluding hydrogens is 511 g/mol. The summed E-state index contributed by atoms with van der Waals surface area (Å²) in [5.41, 5.74) is -0.671. The average molecular weight is 538 g/mol. The predicted octanol–water partition coefficient (Wildman–Crippen LogP) is 4.44. The molecule has 1 fully saturated rings. The van der Waals surface area contributed by atoms with E-state index in [1.807, 2.05) is 0 Å². The second-order valence-corrected chi connectivity index (χ2v) is 10.7. The van der Waals surface area contributed by atoms with Gasteiger partial charge in [0, 0.05) is 13.2 Å². The van der Waals surface area contributed by atoms with E-state index < -0.39 is 33.8 Å². The fourth-order valence-corrected chi connectivity index (χ4v) is 6.17. The molecule has 0 aromatic heterocycles. The first kappa shape index (κ1) is 26.8. The fourth-order valence-electron chi connectivity index (χ4n) is 4.50. The zero-order chi connectivity index (χ0) is 26.8. The zero-order valence-corrected chi connectivity index (χ0v) is 20.9. The smallest absolute Gasteiger partial charge is 0.416 e. The Morgan fingerprint density at radius 3 is 2.54 bits per heavy atom. The number of sulfonamides is 1. The molecule has 37 heavy (non-hydrogen) atoms. The van der Waals surface area contributed by atoms with Crippen LogP contribution in [0.4, 0.5) is 18.9 Å². The molecule has 1 atom stereocenters. The van der Waals surface area contributed by atoms with E-state index in [0.717, 1.165) is 41.4 Å². The number of halogens is 3. The molecule has 4 rings (SSSR count). The maximum atomic E-state index is 13.8. The third-order valence-corrected chi connectivity index (χ3v) is 8.35. The quantitative estimate of drug-likeness (QED) is 0.400. The summed E-state index contributed by atoms with van der Waals surface area (Å²) in [7, 11) is -3.21. The van der Waals surface area contributed by atoms with Gasteiger partial charge in [0.2, 0.25) is 0 Å². The van der Waals surface area contributed by atoms with Crippen LogP contribution in [0.1, 0.15) is 40.7 Å². The Hall–Kier alpha value is -3.23. The lowest BCUT2D eigenvalue weighted by Crippen LogP contribution is -2.43. The number of hydrogen-bond acceptors (Lipinski definition) is 6. The van der Waals surface area contributed by atoms with E-state index in [4.69, 9.17) is 20.6 Å². The van der Waals surface area contributed by atoms with Gasteiger partial charge >= 0.3 is 12.1 Å². The minimum Gasteiger partial charge on any atom is -0.492 e. The molecule has 0 radical (unpaired) electrons. The molecule has 0 aliphatic carbocycles. The Labute approximate surface area is 213 Å². The van der Waals surface area contributed by atoms with Crippen molar-refractivity contribution in [3.63, 3.8) is 0 Å². The van der Waals surface area contributed by atoms with Gasteiger partial charge in [0.15, 0.2) is 0 Å². The lowest BCUT2D eigenvalue weighted by molar-refractivity contribution is -0.137. The number of rotatable bonds is 6. The van der Waals surface area contributed by atoms with Crippen LogP contribution >= 0.6 is 0 Å². The summed E-state index contributed by atoms with van der Waals surface area (Å²) >= 11 is 0. The standard InChI is InChI=1S/C26H26F3NO6S/c1-3-20-6-4-18-14-19(26(27,28)29)5-8-23(18)30(20)37(32,33)21-7-9-24(22(15-21)25(31)34-2)36-16-17-10-12-35-13-11-17/h1,5,7-9,14-15,17,20H,4,6,10-13,16H2,2H3/t20-/m0/s1. The van der Waals surface area contributed by atoms with Crippen molar-refractivity contribution in [2.75, 3.05) is 31.2 Å². The highest BCUT2D eigenvalue weighted by molar-refractivity contribution is 7.92. The third kappa shape index (κ3) is 5.55. The third-order valence-electron chi connectivity index (χ3n) is 6.54. The first-order chi connectivity index (χ1) is 17.6.